The molecule has 2 N–H and O–H groups in total. The number of nitrogens with one attached hydrogen (secondary N) is 2. The van der Waals surface area contributed by atoms with Crippen LogP contribution >= 0.6 is 0 Å². The first-order chi connectivity index (χ1) is 14.2. The van der Waals surface area contributed by atoms with Crippen molar-refractivity contribution in [3.05, 3.63) is 29.6 Å². The maximum atomic E-state index is 14.4. The summed E-state index contributed by atoms with van der Waals surface area (Å²) in [6, 6.07) is 5.41. The highest BCUT2D eigenvalue weighted by molar-refractivity contribution is 5.79. The molecule has 29 heavy (non-hydrogen) atoms. The molecule has 0 unspecified atom stereocenters. The Morgan fingerprint density at radius 2 is 2.00 bits per heavy atom. The van der Waals surface area contributed by atoms with Gasteiger partial charge in [0.05, 0.1) is 5.69 Å². The molecule has 1 saturated heterocycles. The Labute approximate surface area is 174 Å². The smallest absolute Gasteiger partial charge is 0.191 e. The predicted octanol–water partition coefficient (Wildman–Crippen LogP) is 3.17. The third-order valence-electron chi connectivity index (χ3n) is 5.25. The van der Waals surface area contributed by atoms with E-state index in [0.29, 0.717) is 24.1 Å². The first-order valence-electron chi connectivity index (χ1n) is 10.8. The van der Waals surface area contributed by atoms with Crippen molar-refractivity contribution in [2.24, 2.45) is 10.9 Å². The van der Waals surface area contributed by atoms with Gasteiger partial charge in [-0.3, -0.25) is 4.99 Å². The summed E-state index contributed by atoms with van der Waals surface area (Å²) in [7, 11) is 1.74. The molecule has 6 nitrogen and oxygen atoms in total. The molecule has 1 aromatic carbocycles. The molecule has 0 bridgehead atoms. The van der Waals surface area contributed by atoms with Crippen LogP contribution in [-0.2, 0) is 16.0 Å². The summed E-state index contributed by atoms with van der Waals surface area (Å²) in [5.74, 6) is 1.17. The van der Waals surface area contributed by atoms with E-state index in [1.165, 1.54) is 0 Å². The Hall–Kier alpha value is -1.86. The van der Waals surface area contributed by atoms with E-state index in [4.69, 9.17) is 9.47 Å². The highest BCUT2D eigenvalue weighted by atomic mass is 19.1. The van der Waals surface area contributed by atoms with Crippen LogP contribution in [0.2, 0.25) is 0 Å². The van der Waals surface area contributed by atoms with Crippen LogP contribution in [0.3, 0.4) is 0 Å². The first kappa shape index (κ1) is 23.4. The van der Waals surface area contributed by atoms with E-state index >= 15 is 0 Å². The van der Waals surface area contributed by atoms with Crippen molar-refractivity contribution in [2.45, 2.75) is 39.7 Å². The van der Waals surface area contributed by atoms with Gasteiger partial charge in [-0.2, -0.15) is 0 Å². The van der Waals surface area contributed by atoms with Crippen molar-refractivity contribution in [1.29, 1.82) is 0 Å². The van der Waals surface area contributed by atoms with Crippen molar-refractivity contribution >= 4 is 11.6 Å². The summed E-state index contributed by atoms with van der Waals surface area (Å²) < 4.78 is 25.5. The lowest BCUT2D eigenvalue weighted by Crippen LogP contribution is -2.37. The van der Waals surface area contributed by atoms with Crippen molar-refractivity contribution in [3.8, 4) is 0 Å². The van der Waals surface area contributed by atoms with Crippen LogP contribution in [-0.4, -0.2) is 59.1 Å². The van der Waals surface area contributed by atoms with Crippen molar-refractivity contribution in [1.82, 2.24) is 10.6 Å². The molecule has 1 aliphatic rings. The van der Waals surface area contributed by atoms with Crippen LogP contribution in [0, 0.1) is 11.7 Å². The standard InChI is InChI=1S/C22H37FN4O2/c1-4-27(5-2)21-8-7-19(15-20(21)23)16-26-22(24-3)25-11-6-12-29-17-18-9-13-28-14-10-18/h7-8,15,18H,4-6,9-14,16-17H2,1-3H3,(H2,24,25,26). The summed E-state index contributed by atoms with van der Waals surface area (Å²) in [6.07, 6.45) is 3.12. The molecule has 0 atom stereocenters. The van der Waals surface area contributed by atoms with Gasteiger partial charge in [0, 0.05) is 59.7 Å². The highest BCUT2D eigenvalue weighted by Crippen LogP contribution is 2.20. The molecule has 0 aromatic heterocycles. The van der Waals surface area contributed by atoms with E-state index in [2.05, 4.69) is 15.6 Å². The molecule has 0 aliphatic carbocycles. The third kappa shape index (κ3) is 8.19. The lowest BCUT2D eigenvalue weighted by molar-refractivity contribution is 0.0203. The second-order valence-corrected chi connectivity index (χ2v) is 7.29. The van der Waals surface area contributed by atoms with Gasteiger partial charge in [0.2, 0.25) is 0 Å². The summed E-state index contributed by atoms with van der Waals surface area (Å²) in [5.41, 5.74) is 1.54. The summed E-state index contributed by atoms with van der Waals surface area (Å²) in [5, 5.41) is 6.51. The molecule has 0 radical (unpaired) electrons. The molecule has 7 heteroatoms. The van der Waals surface area contributed by atoms with E-state index < -0.39 is 0 Å². The fourth-order valence-corrected chi connectivity index (χ4v) is 3.43. The second-order valence-electron chi connectivity index (χ2n) is 7.29. The van der Waals surface area contributed by atoms with E-state index in [-0.39, 0.29) is 5.82 Å². The predicted molar refractivity (Wildman–Crippen MR) is 117 cm³/mol. The lowest BCUT2D eigenvalue weighted by Gasteiger charge is -2.22. The van der Waals surface area contributed by atoms with Gasteiger partial charge >= 0.3 is 0 Å². The van der Waals surface area contributed by atoms with E-state index in [1.54, 1.807) is 13.1 Å². The average Bonchev–Trinajstić information content (AvgIpc) is 2.75. The summed E-state index contributed by atoms with van der Waals surface area (Å²) in [4.78, 5) is 6.24. The van der Waals surface area contributed by atoms with Crippen LogP contribution in [0.5, 0.6) is 0 Å². The molecule has 0 spiro atoms. The number of aliphatic imine (C=N–C) groups is 1. The molecule has 2 rings (SSSR count). The molecule has 0 amide bonds. The number of ether oxygens (including phenoxy) is 2. The zero-order valence-corrected chi connectivity index (χ0v) is 18.2. The Bertz CT molecular complexity index is 617. The number of nitrogens with zero attached hydrogens (tertiary/aromatic N) is 2. The SMILES string of the molecule is CCN(CC)c1ccc(CNC(=NC)NCCCOCC2CCOCC2)cc1F. The second kappa shape index (κ2) is 13.4. The zero-order chi connectivity index (χ0) is 20.9. The van der Waals surface area contributed by atoms with Crippen LogP contribution in [0.25, 0.3) is 0 Å². The Morgan fingerprint density at radius 1 is 1.24 bits per heavy atom. The monoisotopic (exact) mass is 408 g/mol. The van der Waals surface area contributed by atoms with Gasteiger partial charge in [0.15, 0.2) is 5.96 Å². The van der Waals surface area contributed by atoms with Gasteiger partial charge in [0.25, 0.3) is 0 Å². The van der Waals surface area contributed by atoms with E-state index in [9.17, 15) is 4.39 Å². The molecular weight excluding hydrogens is 371 g/mol. The fourth-order valence-electron chi connectivity index (χ4n) is 3.43. The van der Waals surface area contributed by atoms with Crippen molar-refractivity contribution in [3.63, 3.8) is 0 Å². The van der Waals surface area contributed by atoms with Gasteiger partial charge in [-0.05, 0) is 56.7 Å². The van der Waals surface area contributed by atoms with Gasteiger partial charge in [0.1, 0.15) is 5.82 Å². The number of halogens is 1. The molecule has 1 aromatic rings. The number of rotatable bonds is 11. The maximum absolute atomic E-state index is 14.4. The topological polar surface area (TPSA) is 58.1 Å². The zero-order valence-electron chi connectivity index (χ0n) is 18.2. The number of hydrogen-bond donors (Lipinski definition) is 2. The molecule has 1 fully saturated rings. The normalized spacial score (nSPS) is 15.4. The quantitative estimate of drug-likeness (QED) is 0.335. The third-order valence-corrected chi connectivity index (χ3v) is 5.25. The van der Waals surface area contributed by atoms with Crippen LogP contribution in [0.1, 0.15) is 38.7 Å². The highest BCUT2D eigenvalue weighted by Gasteiger charge is 2.13. The lowest BCUT2D eigenvalue weighted by atomic mass is 10.0. The number of hydrogen-bond acceptors (Lipinski definition) is 4. The van der Waals surface area contributed by atoms with Gasteiger partial charge < -0.3 is 25.0 Å². The van der Waals surface area contributed by atoms with Crippen molar-refractivity contribution in [2.75, 3.05) is 58.0 Å². The van der Waals surface area contributed by atoms with Crippen LogP contribution in [0.4, 0.5) is 10.1 Å². The number of guanidine groups is 1. The summed E-state index contributed by atoms with van der Waals surface area (Å²) in [6.45, 7) is 10.2. The molecular formula is C22H37FN4O2. The van der Waals surface area contributed by atoms with Crippen molar-refractivity contribution < 1.29 is 13.9 Å². The van der Waals surface area contributed by atoms with E-state index in [1.807, 2.05) is 30.9 Å². The average molecular weight is 409 g/mol. The molecule has 1 heterocycles. The minimum atomic E-state index is -0.183. The van der Waals surface area contributed by atoms with E-state index in [0.717, 1.165) is 70.9 Å². The molecule has 164 valence electrons. The maximum Gasteiger partial charge on any atom is 0.191 e. The first-order valence-corrected chi connectivity index (χ1v) is 10.8. The van der Waals surface area contributed by atoms with Crippen LogP contribution < -0.4 is 15.5 Å². The Balaban J connectivity index is 1.65. The van der Waals surface area contributed by atoms with Gasteiger partial charge in [-0.15, -0.1) is 0 Å². The Morgan fingerprint density at radius 3 is 2.66 bits per heavy atom. The minimum Gasteiger partial charge on any atom is -0.381 e. The number of benzene rings is 1. The van der Waals surface area contributed by atoms with Gasteiger partial charge in [-0.25, -0.2) is 4.39 Å². The number of anilines is 1. The summed E-state index contributed by atoms with van der Waals surface area (Å²) >= 11 is 0. The molecule has 0 saturated carbocycles. The minimum absolute atomic E-state index is 0.183. The fraction of sp³-hybridized carbons (Fsp3) is 0.682. The van der Waals surface area contributed by atoms with Crippen LogP contribution in [0.15, 0.2) is 23.2 Å². The Kier molecular flexibility index (Phi) is 10.8. The van der Waals surface area contributed by atoms with Gasteiger partial charge in [-0.1, -0.05) is 6.07 Å². The molecule has 1 aliphatic heterocycles. The largest absolute Gasteiger partial charge is 0.381 e.